The molecule has 8 heteroatoms. The number of methoxy groups -OCH3 is 1. The van der Waals surface area contributed by atoms with Gasteiger partial charge in [0, 0.05) is 11.6 Å². The Labute approximate surface area is 139 Å². The van der Waals surface area contributed by atoms with Crippen molar-refractivity contribution in [3.8, 4) is 15.8 Å². The second kappa shape index (κ2) is 6.43. The van der Waals surface area contributed by atoms with Gasteiger partial charge in [-0.25, -0.2) is 9.97 Å². The Hall–Kier alpha value is -1.96. The fourth-order valence-corrected chi connectivity index (χ4v) is 3.67. The fourth-order valence-electron chi connectivity index (χ4n) is 1.76. The average Bonchev–Trinajstić information content (AvgIpc) is 3.16. The van der Waals surface area contributed by atoms with Gasteiger partial charge in [-0.3, -0.25) is 4.79 Å². The number of carbonyl (C=O) groups is 1. The molecule has 1 amide bonds. The lowest BCUT2D eigenvalue weighted by atomic mass is 10.3. The zero-order chi connectivity index (χ0) is 15.5. The van der Waals surface area contributed by atoms with E-state index in [-0.39, 0.29) is 5.91 Å². The van der Waals surface area contributed by atoms with Crippen molar-refractivity contribution in [2.45, 2.75) is 0 Å². The molecule has 0 aliphatic heterocycles. The molecule has 3 aromatic heterocycles. The number of hydrogen-bond donors (Lipinski definition) is 1. The van der Waals surface area contributed by atoms with Crippen LogP contribution in [-0.2, 0) is 0 Å². The number of anilines is 1. The summed E-state index contributed by atoms with van der Waals surface area (Å²) in [4.78, 5) is 21.6. The van der Waals surface area contributed by atoms with E-state index < -0.39 is 0 Å². The number of rotatable bonds is 4. The molecular formula is C14H10ClN3O2S2. The lowest BCUT2D eigenvalue weighted by Gasteiger charge is -2.07. The van der Waals surface area contributed by atoms with Crippen molar-refractivity contribution in [3.05, 3.63) is 45.9 Å². The molecule has 0 fully saturated rings. The fraction of sp³-hybridized carbons (Fsp3) is 0.0714. The van der Waals surface area contributed by atoms with E-state index in [0.717, 1.165) is 9.88 Å². The minimum absolute atomic E-state index is 0.309. The summed E-state index contributed by atoms with van der Waals surface area (Å²) in [6, 6.07) is 7.13. The highest BCUT2D eigenvalue weighted by molar-refractivity contribution is 7.23. The molecule has 3 rings (SSSR count). The largest absolute Gasteiger partial charge is 0.480 e. The van der Waals surface area contributed by atoms with Gasteiger partial charge >= 0.3 is 0 Å². The van der Waals surface area contributed by atoms with E-state index in [1.165, 1.54) is 29.8 Å². The van der Waals surface area contributed by atoms with Crippen LogP contribution in [0.1, 0.15) is 10.5 Å². The molecule has 1 N–H and O–H groups in total. The van der Waals surface area contributed by atoms with Crippen molar-refractivity contribution < 1.29 is 9.53 Å². The van der Waals surface area contributed by atoms with Crippen LogP contribution < -0.4 is 10.1 Å². The van der Waals surface area contributed by atoms with Gasteiger partial charge in [-0.05, 0) is 24.3 Å². The maximum atomic E-state index is 12.3. The predicted molar refractivity (Wildman–Crippen MR) is 89.2 cm³/mol. The number of aromatic nitrogens is 2. The molecule has 5 nitrogen and oxygen atoms in total. The van der Waals surface area contributed by atoms with Gasteiger partial charge in [-0.1, -0.05) is 11.6 Å². The van der Waals surface area contributed by atoms with Gasteiger partial charge in [0.05, 0.1) is 16.3 Å². The van der Waals surface area contributed by atoms with Gasteiger partial charge in [0.2, 0.25) is 5.88 Å². The molecule has 0 aliphatic rings. The highest BCUT2D eigenvalue weighted by Crippen LogP contribution is 2.33. The number of thiophene rings is 1. The Balaban J connectivity index is 1.80. The summed E-state index contributed by atoms with van der Waals surface area (Å²) in [5.74, 6) is 0.0489. The molecule has 0 radical (unpaired) electrons. The third kappa shape index (κ3) is 3.11. The van der Waals surface area contributed by atoms with Crippen molar-refractivity contribution >= 4 is 45.9 Å². The van der Waals surface area contributed by atoms with Crippen molar-refractivity contribution in [3.63, 3.8) is 0 Å². The zero-order valence-electron chi connectivity index (χ0n) is 11.4. The van der Waals surface area contributed by atoms with Crippen molar-refractivity contribution in [2.75, 3.05) is 12.4 Å². The number of carbonyl (C=O) groups excluding carboxylic acids is 1. The van der Waals surface area contributed by atoms with E-state index in [2.05, 4.69) is 15.3 Å². The lowest BCUT2D eigenvalue weighted by molar-refractivity contribution is 0.102. The minimum Gasteiger partial charge on any atom is -0.480 e. The molecule has 0 aliphatic carbocycles. The molecular weight excluding hydrogens is 342 g/mol. The van der Waals surface area contributed by atoms with Crippen molar-refractivity contribution in [2.24, 2.45) is 0 Å². The number of hydrogen-bond acceptors (Lipinski definition) is 6. The molecule has 0 unspecified atom stereocenters. The molecule has 0 spiro atoms. The summed E-state index contributed by atoms with van der Waals surface area (Å²) in [7, 11) is 1.50. The number of thiazole rings is 1. The first-order chi connectivity index (χ1) is 10.7. The maximum Gasteiger partial charge on any atom is 0.275 e. The van der Waals surface area contributed by atoms with Gasteiger partial charge in [0.1, 0.15) is 16.4 Å². The Bertz CT molecular complexity index is 816. The van der Waals surface area contributed by atoms with Gasteiger partial charge < -0.3 is 10.1 Å². The Morgan fingerprint density at radius 2 is 2.23 bits per heavy atom. The van der Waals surface area contributed by atoms with Crippen LogP contribution in [0.5, 0.6) is 5.88 Å². The van der Waals surface area contributed by atoms with E-state index in [1.807, 2.05) is 12.1 Å². The van der Waals surface area contributed by atoms with Crippen LogP contribution in [0, 0.1) is 0 Å². The number of pyridine rings is 1. The zero-order valence-corrected chi connectivity index (χ0v) is 13.8. The number of ether oxygens (including phenoxy) is 1. The first-order valence-electron chi connectivity index (χ1n) is 6.19. The second-order valence-electron chi connectivity index (χ2n) is 4.16. The molecule has 112 valence electrons. The number of nitrogens with zero attached hydrogens (tertiary/aromatic N) is 2. The summed E-state index contributed by atoms with van der Waals surface area (Å²) in [5, 5.41) is 5.22. The predicted octanol–water partition coefficient (Wildman–Crippen LogP) is 4.18. The second-order valence-corrected chi connectivity index (χ2v) is 6.73. The molecule has 3 heterocycles. The monoisotopic (exact) mass is 351 g/mol. The van der Waals surface area contributed by atoms with Crippen molar-refractivity contribution in [1.82, 2.24) is 9.97 Å². The topological polar surface area (TPSA) is 64.1 Å². The Kier molecular flexibility index (Phi) is 4.37. The summed E-state index contributed by atoms with van der Waals surface area (Å²) >= 11 is 8.74. The molecule has 0 atom stereocenters. The molecule has 3 aromatic rings. The first kappa shape index (κ1) is 15.0. The Morgan fingerprint density at radius 1 is 1.36 bits per heavy atom. The molecule has 0 saturated carbocycles. The number of halogens is 1. The smallest absolute Gasteiger partial charge is 0.275 e. The summed E-state index contributed by atoms with van der Waals surface area (Å²) in [6.07, 6.45) is 1.59. The van der Waals surface area contributed by atoms with Crippen LogP contribution in [0.4, 0.5) is 5.69 Å². The highest BCUT2D eigenvalue weighted by Gasteiger charge is 2.15. The van der Waals surface area contributed by atoms with Crippen LogP contribution >= 0.6 is 34.3 Å². The normalized spacial score (nSPS) is 10.5. The van der Waals surface area contributed by atoms with E-state index in [4.69, 9.17) is 16.3 Å². The average molecular weight is 352 g/mol. The maximum absolute atomic E-state index is 12.3. The Morgan fingerprint density at radius 3 is 2.95 bits per heavy atom. The summed E-state index contributed by atoms with van der Waals surface area (Å²) in [6.45, 7) is 0. The van der Waals surface area contributed by atoms with Crippen LogP contribution in [-0.4, -0.2) is 23.0 Å². The number of nitrogens with one attached hydrogen (secondary N) is 1. The van der Waals surface area contributed by atoms with Crippen LogP contribution in [0.15, 0.2) is 35.8 Å². The molecule has 0 bridgehead atoms. The minimum atomic E-state index is -0.309. The van der Waals surface area contributed by atoms with Gasteiger partial charge in [0.25, 0.3) is 5.91 Å². The van der Waals surface area contributed by atoms with E-state index in [0.29, 0.717) is 21.6 Å². The van der Waals surface area contributed by atoms with Crippen molar-refractivity contribution in [1.29, 1.82) is 0 Å². The van der Waals surface area contributed by atoms with Crippen LogP contribution in [0.2, 0.25) is 4.34 Å². The SMILES string of the molecule is COc1ncccc1NC(=O)c1csc(-c2ccc(Cl)s2)n1. The highest BCUT2D eigenvalue weighted by atomic mass is 35.5. The van der Waals surface area contributed by atoms with Gasteiger partial charge in [0.15, 0.2) is 0 Å². The van der Waals surface area contributed by atoms with E-state index in [1.54, 1.807) is 23.7 Å². The summed E-state index contributed by atoms with van der Waals surface area (Å²) < 4.78 is 5.79. The molecule has 0 saturated heterocycles. The molecule has 0 aromatic carbocycles. The lowest BCUT2D eigenvalue weighted by Crippen LogP contribution is -2.13. The van der Waals surface area contributed by atoms with Crippen LogP contribution in [0.3, 0.4) is 0 Å². The van der Waals surface area contributed by atoms with Gasteiger partial charge in [-0.15, -0.1) is 22.7 Å². The molecule has 22 heavy (non-hydrogen) atoms. The summed E-state index contributed by atoms with van der Waals surface area (Å²) in [5.41, 5.74) is 0.846. The first-order valence-corrected chi connectivity index (χ1v) is 8.26. The number of amides is 1. The van der Waals surface area contributed by atoms with Gasteiger partial charge in [-0.2, -0.15) is 0 Å². The van der Waals surface area contributed by atoms with Crippen LogP contribution in [0.25, 0.3) is 9.88 Å². The third-order valence-electron chi connectivity index (χ3n) is 2.73. The quantitative estimate of drug-likeness (QED) is 0.765. The van der Waals surface area contributed by atoms with E-state index >= 15 is 0 Å². The standard InChI is InChI=1S/C14H10ClN3O2S2/c1-20-13-8(3-2-6-16-13)17-12(19)9-7-21-14(18-9)10-4-5-11(15)22-10/h2-7H,1H3,(H,17,19). The van der Waals surface area contributed by atoms with E-state index in [9.17, 15) is 4.79 Å². The third-order valence-corrected chi connectivity index (χ3v) is 4.98.